The second-order valence-corrected chi connectivity index (χ2v) is 5.34. The van der Waals surface area contributed by atoms with Gasteiger partial charge in [0.05, 0.1) is 6.61 Å². The van der Waals surface area contributed by atoms with Crippen LogP contribution < -0.4 is 10.2 Å². The molecule has 19 heavy (non-hydrogen) atoms. The van der Waals surface area contributed by atoms with Crippen LogP contribution >= 0.6 is 11.6 Å². The fourth-order valence-corrected chi connectivity index (χ4v) is 1.95. The van der Waals surface area contributed by atoms with E-state index in [2.05, 4.69) is 43.2 Å². The lowest BCUT2D eigenvalue weighted by atomic mass is 10.2. The number of nitrogens with one attached hydrogen (secondary N) is 1. The number of likely N-dealkylation sites (N-methyl/N-ethyl adjacent to an activating group) is 1. The van der Waals surface area contributed by atoms with Crippen LogP contribution in [0.5, 0.6) is 0 Å². The molecule has 108 valence electrons. The Hall–Kier alpha value is -0.770. The number of halogens is 1. The van der Waals surface area contributed by atoms with Crippen molar-refractivity contribution in [3.8, 4) is 0 Å². The van der Waals surface area contributed by atoms with Gasteiger partial charge >= 0.3 is 0 Å². The standard InChI is InChI=1S/C15H25ClN2O/c1-5-19-9-8-18(4)14-7-6-13(15(16)10-14)11-17-12(2)3/h6-7,10,12,17H,5,8-9,11H2,1-4H3. The highest BCUT2D eigenvalue weighted by molar-refractivity contribution is 6.31. The average Bonchev–Trinajstić information content (AvgIpc) is 2.37. The van der Waals surface area contributed by atoms with Crippen molar-refractivity contribution in [1.82, 2.24) is 5.32 Å². The molecule has 0 aliphatic heterocycles. The van der Waals surface area contributed by atoms with E-state index in [1.54, 1.807) is 0 Å². The number of rotatable bonds is 8. The minimum Gasteiger partial charge on any atom is -0.380 e. The zero-order valence-electron chi connectivity index (χ0n) is 12.4. The van der Waals surface area contributed by atoms with E-state index in [0.717, 1.165) is 42.6 Å². The van der Waals surface area contributed by atoms with Crippen LogP contribution in [-0.4, -0.2) is 32.8 Å². The van der Waals surface area contributed by atoms with Crippen LogP contribution in [0, 0.1) is 0 Å². The minimum atomic E-state index is 0.463. The molecule has 0 aliphatic rings. The van der Waals surface area contributed by atoms with Crippen LogP contribution in [0.4, 0.5) is 5.69 Å². The molecule has 1 N–H and O–H groups in total. The third kappa shape index (κ3) is 5.81. The fourth-order valence-electron chi connectivity index (χ4n) is 1.71. The number of hydrogen-bond donors (Lipinski definition) is 1. The van der Waals surface area contributed by atoms with Gasteiger partial charge in [-0.15, -0.1) is 0 Å². The molecule has 3 nitrogen and oxygen atoms in total. The molecule has 0 bridgehead atoms. The van der Waals surface area contributed by atoms with Crippen molar-refractivity contribution in [1.29, 1.82) is 0 Å². The molecule has 4 heteroatoms. The zero-order valence-corrected chi connectivity index (χ0v) is 13.1. The second kappa shape index (κ2) is 8.41. The average molecular weight is 285 g/mol. The zero-order chi connectivity index (χ0) is 14.3. The number of anilines is 1. The van der Waals surface area contributed by atoms with Crippen LogP contribution in [0.25, 0.3) is 0 Å². The Labute approximate surface area is 121 Å². The summed E-state index contributed by atoms with van der Waals surface area (Å²) in [6, 6.07) is 6.68. The smallest absolute Gasteiger partial charge is 0.0641 e. The van der Waals surface area contributed by atoms with E-state index in [-0.39, 0.29) is 0 Å². The van der Waals surface area contributed by atoms with Gasteiger partial charge in [-0.05, 0) is 24.6 Å². The highest BCUT2D eigenvalue weighted by Crippen LogP contribution is 2.23. The number of hydrogen-bond acceptors (Lipinski definition) is 3. The van der Waals surface area contributed by atoms with Crippen LogP contribution in [0.2, 0.25) is 5.02 Å². The van der Waals surface area contributed by atoms with Crippen molar-refractivity contribution in [2.45, 2.75) is 33.4 Å². The van der Waals surface area contributed by atoms with Crippen LogP contribution in [0.15, 0.2) is 18.2 Å². The first-order valence-corrected chi connectivity index (χ1v) is 7.23. The van der Waals surface area contributed by atoms with Gasteiger partial charge in [0, 0.05) is 43.5 Å². The lowest BCUT2D eigenvalue weighted by Crippen LogP contribution is -2.23. The maximum absolute atomic E-state index is 6.32. The molecule has 0 saturated heterocycles. The Morgan fingerprint density at radius 1 is 1.37 bits per heavy atom. The molecule has 1 aromatic rings. The number of benzene rings is 1. The summed E-state index contributed by atoms with van der Waals surface area (Å²) in [5, 5.41) is 4.19. The summed E-state index contributed by atoms with van der Waals surface area (Å²) in [5.41, 5.74) is 2.26. The van der Waals surface area contributed by atoms with E-state index in [9.17, 15) is 0 Å². The summed E-state index contributed by atoms with van der Waals surface area (Å²) in [6.45, 7) is 9.43. The summed E-state index contributed by atoms with van der Waals surface area (Å²) < 4.78 is 5.36. The van der Waals surface area contributed by atoms with E-state index >= 15 is 0 Å². The fraction of sp³-hybridized carbons (Fsp3) is 0.600. The molecule has 1 aromatic carbocycles. The summed E-state index contributed by atoms with van der Waals surface area (Å²) in [6.07, 6.45) is 0. The van der Waals surface area contributed by atoms with Crippen molar-refractivity contribution in [3.63, 3.8) is 0 Å². The largest absolute Gasteiger partial charge is 0.380 e. The Balaban J connectivity index is 2.59. The van der Waals surface area contributed by atoms with Crippen molar-refractivity contribution in [2.24, 2.45) is 0 Å². The van der Waals surface area contributed by atoms with Gasteiger partial charge in [-0.2, -0.15) is 0 Å². The first-order chi connectivity index (χ1) is 9.04. The van der Waals surface area contributed by atoms with Gasteiger partial charge in [0.1, 0.15) is 0 Å². The van der Waals surface area contributed by atoms with Gasteiger partial charge in [0.25, 0.3) is 0 Å². The van der Waals surface area contributed by atoms with Crippen LogP contribution in [0.1, 0.15) is 26.3 Å². The van der Waals surface area contributed by atoms with Crippen LogP contribution in [0.3, 0.4) is 0 Å². The molecule has 0 fully saturated rings. The summed E-state index contributed by atoms with van der Waals surface area (Å²) in [4.78, 5) is 2.15. The van der Waals surface area contributed by atoms with Gasteiger partial charge in [-0.1, -0.05) is 31.5 Å². The molecule has 0 spiro atoms. The predicted molar refractivity (Wildman–Crippen MR) is 83.2 cm³/mol. The SMILES string of the molecule is CCOCCN(C)c1ccc(CNC(C)C)c(Cl)c1. The third-order valence-electron chi connectivity index (χ3n) is 2.95. The highest BCUT2D eigenvalue weighted by atomic mass is 35.5. The van der Waals surface area contributed by atoms with E-state index < -0.39 is 0 Å². The van der Waals surface area contributed by atoms with Gasteiger partial charge in [-0.3, -0.25) is 0 Å². The van der Waals surface area contributed by atoms with E-state index in [0.29, 0.717) is 6.04 Å². The Bertz CT molecular complexity index is 382. The van der Waals surface area contributed by atoms with Gasteiger partial charge in [-0.25, -0.2) is 0 Å². The van der Waals surface area contributed by atoms with Gasteiger partial charge in [0.15, 0.2) is 0 Å². The van der Waals surface area contributed by atoms with Crippen molar-refractivity contribution in [2.75, 3.05) is 31.7 Å². The molecular formula is C15H25ClN2O. The maximum atomic E-state index is 6.32. The molecular weight excluding hydrogens is 260 g/mol. The molecule has 1 rings (SSSR count). The monoisotopic (exact) mass is 284 g/mol. The lowest BCUT2D eigenvalue weighted by Gasteiger charge is -2.20. The van der Waals surface area contributed by atoms with Gasteiger partial charge < -0.3 is 15.0 Å². The lowest BCUT2D eigenvalue weighted by molar-refractivity contribution is 0.154. The Morgan fingerprint density at radius 3 is 2.68 bits per heavy atom. The molecule has 0 atom stereocenters. The van der Waals surface area contributed by atoms with Gasteiger partial charge in [0.2, 0.25) is 0 Å². The van der Waals surface area contributed by atoms with Crippen LogP contribution in [-0.2, 0) is 11.3 Å². The third-order valence-corrected chi connectivity index (χ3v) is 3.31. The normalized spacial score (nSPS) is 11.1. The summed E-state index contributed by atoms with van der Waals surface area (Å²) in [5.74, 6) is 0. The van der Waals surface area contributed by atoms with E-state index in [1.807, 2.05) is 13.0 Å². The number of ether oxygens (including phenoxy) is 1. The van der Waals surface area contributed by atoms with Crippen molar-refractivity contribution < 1.29 is 4.74 Å². The molecule has 0 heterocycles. The van der Waals surface area contributed by atoms with Crippen molar-refractivity contribution >= 4 is 17.3 Å². The van der Waals surface area contributed by atoms with E-state index in [1.165, 1.54) is 0 Å². The highest BCUT2D eigenvalue weighted by Gasteiger charge is 2.06. The molecule has 0 aromatic heterocycles. The minimum absolute atomic E-state index is 0.463. The van der Waals surface area contributed by atoms with Crippen molar-refractivity contribution in [3.05, 3.63) is 28.8 Å². The maximum Gasteiger partial charge on any atom is 0.0641 e. The molecule has 0 saturated carbocycles. The summed E-state index contributed by atoms with van der Waals surface area (Å²) in [7, 11) is 2.05. The summed E-state index contributed by atoms with van der Waals surface area (Å²) >= 11 is 6.32. The number of nitrogens with zero attached hydrogens (tertiary/aromatic N) is 1. The first kappa shape index (κ1) is 16.3. The topological polar surface area (TPSA) is 24.5 Å². The molecule has 0 amide bonds. The molecule has 0 unspecified atom stereocenters. The Kier molecular flexibility index (Phi) is 7.21. The predicted octanol–water partition coefficient (Wildman–Crippen LogP) is 3.31. The first-order valence-electron chi connectivity index (χ1n) is 6.85. The molecule has 0 radical (unpaired) electrons. The van der Waals surface area contributed by atoms with E-state index in [4.69, 9.17) is 16.3 Å². The Morgan fingerprint density at radius 2 is 2.11 bits per heavy atom. The second-order valence-electron chi connectivity index (χ2n) is 4.93. The quantitative estimate of drug-likeness (QED) is 0.741. The molecule has 0 aliphatic carbocycles.